The number of carbonyl (C=O) groups is 1. The molecule has 5 nitrogen and oxygen atoms in total. The quantitative estimate of drug-likeness (QED) is 0.748. The van der Waals surface area contributed by atoms with Crippen LogP contribution in [-0.4, -0.2) is 78.8 Å². The molecule has 0 N–H and O–H groups in total. The molecule has 1 aliphatic carbocycles. The molecule has 24 heavy (non-hydrogen) atoms. The second kappa shape index (κ2) is 8.52. The SMILES string of the molecule is CCN1CCN(C2CCN(CCO[C@@H]3CCCC[C@H]3C)CC2)C1=O. The lowest BCUT2D eigenvalue weighted by molar-refractivity contribution is -0.0170. The van der Waals surface area contributed by atoms with Crippen molar-refractivity contribution in [3.05, 3.63) is 0 Å². The molecule has 0 aromatic rings. The Bertz CT molecular complexity index is 409. The summed E-state index contributed by atoms with van der Waals surface area (Å²) in [6.07, 6.45) is 7.99. The van der Waals surface area contributed by atoms with Crippen LogP contribution >= 0.6 is 0 Å². The number of hydrogen-bond acceptors (Lipinski definition) is 3. The van der Waals surface area contributed by atoms with E-state index < -0.39 is 0 Å². The van der Waals surface area contributed by atoms with Gasteiger partial charge in [0, 0.05) is 45.3 Å². The maximum absolute atomic E-state index is 12.3. The van der Waals surface area contributed by atoms with E-state index in [9.17, 15) is 4.79 Å². The van der Waals surface area contributed by atoms with E-state index >= 15 is 0 Å². The lowest BCUT2D eigenvalue weighted by Gasteiger charge is -2.37. The van der Waals surface area contributed by atoms with Gasteiger partial charge in [0.1, 0.15) is 0 Å². The molecule has 2 saturated heterocycles. The van der Waals surface area contributed by atoms with Gasteiger partial charge in [0.15, 0.2) is 0 Å². The average molecular weight is 338 g/mol. The molecule has 0 aromatic carbocycles. The van der Waals surface area contributed by atoms with Crippen molar-refractivity contribution >= 4 is 6.03 Å². The number of amides is 2. The summed E-state index contributed by atoms with van der Waals surface area (Å²) in [6, 6.07) is 0.704. The highest BCUT2D eigenvalue weighted by atomic mass is 16.5. The molecule has 5 heteroatoms. The highest BCUT2D eigenvalue weighted by Gasteiger charge is 2.34. The van der Waals surface area contributed by atoms with Crippen LogP contribution < -0.4 is 0 Å². The van der Waals surface area contributed by atoms with Gasteiger partial charge in [-0.1, -0.05) is 19.8 Å². The van der Waals surface area contributed by atoms with Crippen LogP contribution in [0.2, 0.25) is 0 Å². The van der Waals surface area contributed by atoms with Crippen LogP contribution in [0.25, 0.3) is 0 Å². The van der Waals surface area contributed by atoms with E-state index in [1.165, 1.54) is 25.7 Å². The minimum atomic E-state index is 0.255. The fourth-order valence-electron chi connectivity index (χ4n) is 4.55. The summed E-state index contributed by atoms with van der Waals surface area (Å²) < 4.78 is 6.16. The molecule has 0 radical (unpaired) electrons. The number of likely N-dealkylation sites (tertiary alicyclic amines) is 1. The Morgan fingerprint density at radius 2 is 1.79 bits per heavy atom. The second-order valence-corrected chi connectivity index (χ2v) is 7.80. The maximum atomic E-state index is 12.3. The van der Waals surface area contributed by atoms with E-state index in [1.54, 1.807) is 0 Å². The van der Waals surface area contributed by atoms with Gasteiger partial charge in [-0.15, -0.1) is 0 Å². The molecule has 3 aliphatic rings. The smallest absolute Gasteiger partial charge is 0.320 e. The lowest BCUT2D eigenvalue weighted by atomic mass is 9.88. The molecule has 3 fully saturated rings. The number of urea groups is 1. The Hall–Kier alpha value is -0.810. The molecule has 0 bridgehead atoms. The Morgan fingerprint density at radius 3 is 2.46 bits per heavy atom. The lowest BCUT2D eigenvalue weighted by Crippen LogP contribution is -2.47. The topological polar surface area (TPSA) is 36.0 Å². The fraction of sp³-hybridized carbons (Fsp3) is 0.947. The summed E-state index contributed by atoms with van der Waals surface area (Å²) in [5.74, 6) is 0.729. The Labute approximate surface area is 147 Å². The number of rotatable bonds is 6. The molecule has 0 unspecified atom stereocenters. The number of nitrogens with zero attached hydrogens (tertiary/aromatic N) is 3. The fourth-order valence-corrected chi connectivity index (χ4v) is 4.55. The molecule has 2 heterocycles. The first-order valence-corrected chi connectivity index (χ1v) is 10.1. The van der Waals surface area contributed by atoms with Crippen LogP contribution in [0, 0.1) is 5.92 Å². The molecule has 0 aromatic heterocycles. The van der Waals surface area contributed by atoms with E-state index in [0.717, 1.165) is 64.6 Å². The van der Waals surface area contributed by atoms with Crippen molar-refractivity contribution in [1.82, 2.24) is 14.7 Å². The highest BCUT2D eigenvalue weighted by molar-refractivity contribution is 5.76. The van der Waals surface area contributed by atoms with Gasteiger partial charge in [0.05, 0.1) is 12.7 Å². The Kier molecular flexibility index (Phi) is 6.39. The van der Waals surface area contributed by atoms with Gasteiger partial charge < -0.3 is 19.4 Å². The van der Waals surface area contributed by atoms with Crippen molar-refractivity contribution in [1.29, 1.82) is 0 Å². The Morgan fingerprint density at radius 1 is 1.04 bits per heavy atom. The van der Waals surface area contributed by atoms with Crippen molar-refractivity contribution in [2.75, 3.05) is 45.9 Å². The summed E-state index contributed by atoms with van der Waals surface area (Å²) in [5.41, 5.74) is 0. The number of piperidine rings is 1. The van der Waals surface area contributed by atoms with E-state index in [0.29, 0.717) is 12.1 Å². The van der Waals surface area contributed by atoms with Crippen molar-refractivity contribution in [2.24, 2.45) is 5.92 Å². The molecule has 138 valence electrons. The predicted octanol–water partition coefficient (Wildman–Crippen LogP) is 2.80. The largest absolute Gasteiger partial charge is 0.377 e. The van der Waals surface area contributed by atoms with Gasteiger partial charge in [-0.05, 0) is 38.5 Å². The third kappa shape index (κ3) is 4.23. The average Bonchev–Trinajstić information content (AvgIpc) is 2.98. The van der Waals surface area contributed by atoms with Crippen LogP contribution in [0.1, 0.15) is 52.4 Å². The van der Waals surface area contributed by atoms with Gasteiger partial charge in [0.2, 0.25) is 0 Å². The monoisotopic (exact) mass is 337 g/mol. The van der Waals surface area contributed by atoms with Crippen LogP contribution in [0.3, 0.4) is 0 Å². The minimum absolute atomic E-state index is 0.255. The van der Waals surface area contributed by atoms with E-state index in [-0.39, 0.29) is 6.03 Å². The third-order valence-electron chi connectivity index (χ3n) is 6.28. The van der Waals surface area contributed by atoms with Crippen LogP contribution in [0.5, 0.6) is 0 Å². The van der Waals surface area contributed by atoms with Crippen LogP contribution in [-0.2, 0) is 4.74 Å². The van der Waals surface area contributed by atoms with Crippen LogP contribution in [0.15, 0.2) is 0 Å². The van der Waals surface area contributed by atoms with E-state index in [1.807, 2.05) is 4.90 Å². The summed E-state index contributed by atoms with van der Waals surface area (Å²) in [4.78, 5) is 18.9. The van der Waals surface area contributed by atoms with Crippen molar-refractivity contribution in [2.45, 2.75) is 64.5 Å². The summed E-state index contributed by atoms with van der Waals surface area (Å²) in [7, 11) is 0. The number of carbonyl (C=O) groups excluding carboxylic acids is 1. The van der Waals surface area contributed by atoms with Crippen LogP contribution in [0.4, 0.5) is 4.79 Å². The first-order chi connectivity index (χ1) is 11.7. The molecule has 0 spiro atoms. The van der Waals surface area contributed by atoms with Crippen molar-refractivity contribution in [3.8, 4) is 0 Å². The van der Waals surface area contributed by atoms with Gasteiger partial charge >= 0.3 is 6.03 Å². The molecule has 2 amide bonds. The first-order valence-electron chi connectivity index (χ1n) is 10.1. The summed E-state index contributed by atoms with van der Waals surface area (Å²) in [6.45, 7) is 11.2. The highest BCUT2D eigenvalue weighted by Crippen LogP contribution is 2.26. The Balaban J connectivity index is 1.34. The van der Waals surface area contributed by atoms with Gasteiger partial charge in [-0.25, -0.2) is 4.79 Å². The normalized spacial score (nSPS) is 30.3. The predicted molar refractivity (Wildman–Crippen MR) is 96.2 cm³/mol. The molecule has 2 aliphatic heterocycles. The molecule has 2 atom stereocenters. The summed E-state index contributed by atoms with van der Waals surface area (Å²) in [5, 5.41) is 0. The number of ether oxygens (including phenoxy) is 1. The zero-order chi connectivity index (χ0) is 16.9. The zero-order valence-electron chi connectivity index (χ0n) is 15.6. The van der Waals surface area contributed by atoms with Crippen molar-refractivity contribution in [3.63, 3.8) is 0 Å². The summed E-state index contributed by atoms with van der Waals surface area (Å²) >= 11 is 0. The second-order valence-electron chi connectivity index (χ2n) is 7.80. The van der Waals surface area contributed by atoms with E-state index in [2.05, 4.69) is 23.6 Å². The molecular formula is C19H35N3O2. The molecule has 1 saturated carbocycles. The first kappa shape index (κ1) is 18.0. The van der Waals surface area contributed by atoms with Crippen molar-refractivity contribution < 1.29 is 9.53 Å². The van der Waals surface area contributed by atoms with Gasteiger partial charge in [-0.2, -0.15) is 0 Å². The molecule has 3 rings (SSSR count). The van der Waals surface area contributed by atoms with E-state index in [4.69, 9.17) is 4.74 Å². The minimum Gasteiger partial charge on any atom is -0.377 e. The number of hydrogen-bond donors (Lipinski definition) is 0. The van der Waals surface area contributed by atoms with Gasteiger partial charge in [0.25, 0.3) is 0 Å². The maximum Gasteiger partial charge on any atom is 0.320 e. The standard InChI is InChI=1S/C19H35N3O2/c1-3-21-12-13-22(19(21)23)17-8-10-20(11-9-17)14-15-24-18-7-5-4-6-16(18)2/h16-18H,3-15H2,1-2H3/t16-,18-/m1/s1. The molecular weight excluding hydrogens is 302 g/mol. The third-order valence-corrected chi connectivity index (χ3v) is 6.28. The van der Waals surface area contributed by atoms with Gasteiger partial charge in [-0.3, -0.25) is 0 Å². The number of likely N-dealkylation sites (N-methyl/N-ethyl adjacent to an activating group) is 1. The zero-order valence-corrected chi connectivity index (χ0v) is 15.6.